The summed E-state index contributed by atoms with van der Waals surface area (Å²) in [5, 5.41) is 32.8. The number of benzene rings is 3. The van der Waals surface area contributed by atoms with Crippen molar-refractivity contribution in [2.45, 2.75) is 50.5 Å². The maximum Gasteiger partial charge on any atom is 0.268 e. The van der Waals surface area contributed by atoms with E-state index in [2.05, 4.69) is 21.8 Å². The largest absolute Gasteiger partial charge is 0.390 e. The molecular formula is C30H32N4O4. The molecule has 8 nitrogen and oxygen atoms in total. The fourth-order valence-electron chi connectivity index (χ4n) is 4.99. The van der Waals surface area contributed by atoms with Gasteiger partial charge in [-0.1, -0.05) is 66.7 Å². The molecule has 196 valence electrons. The van der Waals surface area contributed by atoms with E-state index >= 15 is 0 Å². The average molecular weight is 513 g/mol. The van der Waals surface area contributed by atoms with Crippen LogP contribution >= 0.6 is 0 Å². The summed E-state index contributed by atoms with van der Waals surface area (Å²) in [6, 6.07) is 24.1. The second kappa shape index (κ2) is 11.7. The Labute approximate surface area is 222 Å². The topological polar surface area (TPSA) is 114 Å². The molecule has 1 aliphatic heterocycles. The third kappa shape index (κ3) is 5.99. The highest BCUT2D eigenvalue weighted by molar-refractivity contribution is 6.44. The highest BCUT2D eigenvalue weighted by atomic mass is 16.3. The van der Waals surface area contributed by atoms with Crippen LogP contribution in [0.15, 0.2) is 84.0 Å². The first-order chi connectivity index (χ1) is 18.5. The molecule has 0 saturated carbocycles. The van der Waals surface area contributed by atoms with Gasteiger partial charge in [0, 0.05) is 13.1 Å². The summed E-state index contributed by atoms with van der Waals surface area (Å²) in [5.41, 5.74) is 4.95. The number of fused-ring (bicyclic) bond motifs is 1. The predicted molar refractivity (Wildman–Crippen MR) is 145 cm³/mol. The van der Waals surface area contributed by atoms with Gasteiger partial charge in [-0.05, 0) is 53.6 Å². The minimum atomic E-state index is -0.877. The summed E-state index contributed by atoms with van der Waals surface area (Å²) in [4.78, 5) is 25.7. The summed E-state index contributed by atoms with van der Waals surface area (Å²) in [6.45, 7) is 0.818. The Morgan fingerprint density at radius 2 is 1.76 bits per heavy atom. The van der Waals surface area contributed by atoms with Crippen LogP contribution in [0, 0.1) is 0 Å². The van der Waals surface area contributed by atoms with Crippen LogP contribution in [-0.2, 0) is 29.0 Å². The molecule has 8 heteroatoms. The van der Waals surface area contributed by atoms with Gasteiger partial charge in [-0.3, -0.25) is 9.59 Å². The van der Waals surface area contributed by atoms with Crippen LogP contribution in [0.25, 0.3) is 0 Å². The molecule has 0 aromatic heterocycles. The van der Waals surface area contributed by atoms with Crippen LogP contribution in [0.5, 0.6) is 0 Å². The summed E-state index contributed by atoms with van der Waals surface area (Å²) in [6.07, 6.45) is 0.697. The number of nitrogens with zero attached hydrogens (tertiary/aromatic N) is 2. The first-order valence-corrected chi connectivity index (χ1v) is 13.0. The number of aryl methyl sites for hydroxylation is 1. The smallest absolute Gasteiger partial charge is 0.268 e. The zero-order valence-electron chi connectivity index (χ0n) is 21.1. The van der Waals surface area contributed by atoms with Crippen molar-refractivity contribution < 1.29 is 19.8 Å². The quantitative estimate of drug-likeness (QED) is 0.334. The molecule has 4 N–H and O–H groups in total. The first kappa shape index (κ1) is 25.8. The lowest BCUT2D eigenvalue weighted by Gasteiger charge is -2.25. The van der Waals surface area contributed by atoms with Gasteiger partial charge in [0.1, 0.15) is 5.71 Å². The van der Waals surface area contributed by atoms with E-state index in [0.29, 0.717) is 18.7 Å². The van der Waals surface area contributed by atoms with Crippen molar-refractivity contribution >= 4 is 23.2 Å². The summed E-state index contributed by atoms with van der Waals surface area (Å²) in [5.74, 6) is -0.737. The number of hydrogen-bond acceptors (Lipinski definition) is 6. The van der Waals surface area contributed by atoms with Gasteiger partial charge >= 0.3 is 0 Å². The lowest BCUT2D eigenvalue weighted by Crippen LogP contribution is -2.50. The standard InChI is InChI=1S/C30H32N4O4/c35-27-14-12-22-15-21(11-13-24(22)27)18-31-19-28(36)25(16-20-7-3-1-4-8-20)32-30(38)26-17-29(37)34(33-26)23-9-5-2-6-10-23/h1-11,13,15,25,27-28,31,35-36H,12,14,16-19H2,(H,32,38)/t25-,27?,28+/m0/s1. The maximum atomic E-state index is 13.1. The number of para-hydroxylation sites is 1. The lowest BCUT2D eigenvalue weighted by atomic mass is 10.0. The average Bonchev–Trinajstić information content (AvgIpc) is 3.51. The van der Waals surface area contributed by atoms with Crippen molar-refractivity contribution in [2.75, 3.05) is 11.6 Å². The number of aliphatic hydroxyl groups is 2. The van der Waals surface area contributed by atoms with E-state index in [4.69, 9.17) is 0 Å². The molecule has 0 spiro atoms. The Bertz CT molecular complexity index is 1310. The number of nitrogens with one attached hydrogen (secondary N) is 2. The number of amides is 2. The SMILES string of the molecule is O=C(N[C@@H](Cc1ccccc1)[C@H](O)CNCc1ccc2c(c1)CCC2O)C1=NN(c2ccccc2)C(=O)C1. The molecule has 3 aromatic carbocycles. The second-order valence-corrected chi connectivity index (χ2v) is 9.82. The molecule has 5 rings (SSSR count). The molecule has 1 heterocycles. The van der Waals surface area contributed by atoms with E-state index in [1.54, 1.807) is 12.1 Å². The van der Waals surface area contributed by atoms with Crippen molar-refractivity contribution in [3.63, 3.8) is 0 Å². The van der Waals surface area contributed by atoms with Gasteiger partial charge in [-0.2, -0.15) is 10.1 Å². The lowest BCUT2D eigenvalue weighted by molar-refractivity contribution is -0.118. The van der Waals surface area contributed by atoms with Gasteiger partial charge < -0.3 is 20.8 Å². The predicted octanol–water partition coefficient (Wildman–Crippen LogP) is 2.64. The third-order valence-electron chi connectivity index (χ3n) is 7.05. The zero-order chi connectivity index (χ0) is 26.5. The summed E-state index contributed by atoms with van der Waals surface area (Å²) >= 11 is 0. The fourth-order valence-corrected chi connectivity index (χ4v) is 4.99. The maximum absolute atomic E-state index is 13.1. The Morgan fingerprint density at radius 1 is 1.03 bits per heavy atom. The fraction of sp³-hybridized carbons (Fsp3) is 0.300. The van der Waals surface area contributed by atoms with Gasteiger partial charge in [-0.15, -0.1) is 0 Å². The molecule has 0 radical (unpaired) electrons. The molecule has 3 aromatic rings. The molecule has 1 unspecified atom stereocenters. The number of aliphatic hydroxyl groups excluding tert-OH is 2. The van der Waals surface area contributed by atoms with E-state index in [9.17, 15) is 19.8 Å². The molecular weight excluding hydrogens is 480 g/mol. The van der Waals surface area contributed by atoms with E-state index < -0.39 is 18.1 Å². The molecule has 38 heavy (non-hydrogen) atoms. The number of hydrazone groups is 1. The van der Waals surface area contributed by atoms with E-state index in [-0.39, 0.29) is 30.7 Å². The number of hydrogen-bond donors (Lipinski definition) is 4. The van der Waals surface area contributed by atoms with Crippen molar-refractivity contribution in [1.82, 2.24) is 10.6 Å². The van der Waals surface area contributed by atoms with Crippen LogP contribution in [-0.4, -0.2) is 46.4 Å². The van der Waals surface area contributed by atoms with Crippen LogP contribution in [0.3, 0.4) is 0 Å². The van der Waals surface area contributed by atoms with Gasteiger partial charge in [0.2, 0.25) is 0 Å². The monoisotopic (exact) mass is 512 g/mol. The van der Waals surface area contributed by atoms with Crippen LogP contribution < -0.4 is 15.6 Å². The number of rotatable bonds is 10. The third-order valence-corrected chi connectivity index (χ3v) is 7.05. The highest BCUT2D eigenvalue weighted by Crippen LogP contribution is 2.31. The van der Waals surface area contributed by atoms with Gasteiger partial charge in [-0.25, -0.2) is 0 Å². The minimum Gasteiger partial charge on any atom is -0.390 e. The Morgan fingerprint density at radius 3 is 2.53 bits per heavy atom. The van der Waals surface area contributed by atoms with Crippen LogP contribution in [0.2, 0.25) is 0 Å². The molecule has 0 bridgehead atoms. The molecule has 2 aliphatic rings. The molecule has 2 amide bonds. The molecule has 0 fully saturated rings. The Balaban J connectivity index is 1.23. The number of carbonyl (C=O) groups excluding carboxylic acids is 2. The molecule has 3 atom stereocenters. The first-order valence-electron chi connectivity index (χ1n) is 13.0. The van der Waals surface area contributed by atoms with E-state index in [0.717, 1.165) is 29.5 Å². The van der Waals surface area contributed by atoms with Crippen LogP contribution in [0.4, 0.5) is 5.69 Å². The van der Waals surface area contributed by atoms with Crippen molar-refractivity contribution in [3.8, 4) is 0 Å². The normalized spacial score (nSPS) is 18.2. The van der Waals surface area contributed by atoms with Crippen LogP contribution in [0.1, 0.15) is 41.2 Å². The van der Waals surface area contributed by atoms with E-state index in [1.807, 2.05) is 60.7 Å². The van der Waals surface area contributed by atoms with E-state index in [1.165, 1.54) is 10.6 Å². The molecule has 0 saturated heterocycles. The highest BCUT2D eigenvalue weighted by Gasteiger charge is 2.31. The van der Waals surface area contributed by atoms with Crippen molar-refractivity contribution in [1.29, 1.82) is 0 Å². The van der Waals surface area contributed by atoms with Gasteiger partial charge in [0.15, 0.2) is 0 Å². The van der Waals surface area contributed by atoms with Crippen molar-refractivity contribution in [3.05, 3.63) is 101 Å². The Kier molecular flexibility index (Phi) is 7.93. The van der Waals surface area contributed by atoms with Gasteiger partial charge in [0.05, 0.1) is 30.4 Å². The Hall–Kier alpha value is -3.85. The molecule has 1 aliphatic carbocycles. The zero-order valence-corrected chi connectivity index (χ0v) is 21.1. The second-order valence-electron chi connectivity index (χ2n) is 9.82. The number of carbonyl (C=O) groups is 2. The minimum absolute atomic E-state index is 0.0971. The summed E-state index contributed by atoms with van der Waals surface area (Å²) < 4.78 is 0. The number of anilines is 1. The van der Waals surface area contributed by atoms with Gasteiger partial charge in [0.25, 0.3) is 11.8 Å². The summed E-state index contributed by atoms with van der Waals surface area (Å²) in [7, 11) is 0. The van der Waals surface area contributed by atoms with Crippen molar-refractivity contribution in [2.24, 2.45) is 5.10 Å².